The minimum atomic E-state index is 0.134. The van der Waals surface area contributed by atoms with Crippen molar-refractivity contribution in [2.24, 2.45) is 11.8 Å². The molecule has 0 aromatic heterocycles. The van der Waals surface area contributed by atoms with Gasteiger partial charge in [0.25, 0.3) is 0 Å². The number of ether oxygens (including phenoxy) is 3. The van der Waals surface area contributed by atoms with Gasteiger partial charge in [-0.2, -0.15) is 0 Å². The molecule has 2 aliphatic rings. The number of rotatable bonds is 7. The van der Waals surface area contributed by atoms with Crippen LogP contribution in [0.25, 0.3) is 0 Å². The molecule has 1 aromatic rings. The summed E-state index contributed by atoms with van der Waals surface area (Å²) in [6, 6.07) is 5.94. The number of methoxy groups -OCH3 is 2. The summed E-state index contributed by atoms with van der Waals surface area (Å²) in [5, 5.41) is 3.15. The summed E-state index contributed by atoms with van der Waals surface area (Å²) in [5.74, 6) is 2.36. The molecule has 0 spiro atoms. The van der Waals surface area contributed by atoms with Crippen LogP contribution in [0.5, 0.6) is 11.5 Å². The summed E-state index contributed by atoms with van der Waals surface area (Å²) < 4.78 is 16.2. The molecule has 144 valence electrons. The van der Waals surface area contributed by atoms with Gasteiger partial charge < -0.3 is 24.4 Å². The van der Waals surface area contributed by atoms with E-state index in [1.54, 1.807) is 14.2 Å². The van der Waals surface area contributed by atoms with Crippen LogP contribution in [-0.4, -0.2) is 64.4 Å². The van der Waals surface area contributed by atoms with E-state index >= 15 is 0 Å². The predicted octanol–water partition coefficient (Wildman–Crippen LogP) is 1.72. The van der Waals surface area contributed by atoms with Crippen LogP contribution in [0, 0.1) is 11.8 Å². The second-order valence-corrected chi connectivity index (χ2v) is 7.21. The van der Waals surface area contributed by atoms with Gasteiger partial charge in [0.15, 0.2) is 0 Å². The summed E-state index contributed by atoms with van der Waals surface area (Å²) in [5.41, 5.74) is 1.18. The average molecular weight is 362 g/mol. The lowest BCUT2D eigenvalue weighted by atomic mass is 9.94. The number of nitrogens with one attached hydrogen (secondary N) is 1. The number of nitrogens with zero attached hydrogens (tertiary/aromatic N) is 1. The number of piperidine rings is 1. The highest BCUT2D eigenvalue weighted by atomic mass is 16.5. The molecule has 1 fully saturated rings. The van der Waals surface area contributed by atoms with E-state index in [0.717, 1.165) is 57.0 Å². The van der Waals surface area contributed by atoms with Gasteiger partial charge in [-0.25, -0.2) is 0 Å². The van der Waals surface area contributed by atoms with E-state index in [1.807, 2.05) is 12.1 Å². The first kappa shape index (κ1) is 19.0. The van der Waals surface area contributed by atoms with E-state index in [-0.39, 0.29) is 11.8 Å². The third-order valence-electron chi connectivity index (χ3n) is 5.39. The summed E-state index contributed by atoms with van der Waals surface area (Å²) in [6.45, 7) is 4.97. The van der Waals surface area contributed by atoms with Crippen LogP contribution in [0.15, 0.2) is 18.2 Å². The summed E-state index contributed by atoms with van der Waals surface area (Å²) in [7, 11) is 3.38. The lowest BCUT2D eigenvalue weighted by Gasteiger charge is -2.31. The Kier molecular flexibility index (Phi) is 6.74. The van der Waals surface area contributed by atoms with Crippen molar-refractivity contribution >= 4 is 5.91 Å². The molecule has 0 radical (unpaired) electrons. The number of amides is 1. The van der Waals surface area contributed by atoms with Crippen LogP contribution >= 0.6 is 0 Å². The molecule has 6 heteroatoms. The van der Waals surface area contributed by atoms with Crippen molar-refractivity contribution in [1.82, 2.24) is 10.2 Å². The molecule has 1 amide bonds. The average Bonchev–Trinajstić information content (AvgIpc) is 2.70. The van der Waals surface area contributed by atoms with E-state index < -0.39 is 0 Å². The van der Waals surface area contributed by atoms with E-state index in [0.29, 0.717) is 19.1 Å². The largest absolute Gasteiger partial charge is 0.497 e. The SMILES string of the molecule is COCCN1CCC(C(=O)NC[C@H]2COc3cc(OC)ccc3C2)CC1. The molecular formula is C20H30N2O4. The van der Waals surface area contributed by atoms with Gasteiger partial charge in [-0.1, -0.05) is 6.07 Å². The van der Waals surface area contributed by atoms with Gasteiger partial charge in [0.2, 0.25) is 5.91 Å². The Morgan fingerprint density at radius 1 is 1.31 bits per heavy atom. The maximum absolute atomic E-state index is 12.5. The molecule has 0 aliphatic carbocycles. The van der Waals surface area contributed by atoms with Gasteiger partial charge in [0.05, 0.1) is 20.3 Å². The van der Waals surface area contributed by atoms with Crippen molar-refractivity contribution in [3.63, 3.8) is 0 Å². The summed E-state index contributed by atoms with van der Waals surface area (Å²) in [4.78, 5) is 14.8. The Bertz CT molecular complexity index is 599. The normalized spacial score (nSPS) is 20.9. The highest BCUT2D eigenvalue weighted by molar-refractivity contribution is 5.78. The van der Waals surface area contributed by atoms with Crippen LogP contribution in [0.1, 0.15) is 18.4 Å². The summed E-state index contributed by atoms with van der Waals surface area (Å²) in [6.07, 6.45) is 2.79. The van der Waals surface area contributed by atoms with E-state index in [1.165, 1.54) is 5.56 Å². The molecular weight excluding hydrogens is 332 g/mol. The van der Waals surface area contributed by atoms with Gasteiger partial charge in [-0.15, -0.1) is 0 Å². The standard InChI is InChI=1S/C20H30N2O4/c1-24-10-9-22-7-5-16(6-8-22)20(23)21-13-15-11-17-3-4-18(25-2)12-19(17)26-14-15/h3-4,12,15-16H,5-11,13-14H2,1-2H3,(H,21,23)/t15-/m0/s1. The molecule has 2 aliphatic heterocycles. The molecule has 1 saturated heterocycles. The number of hydrogen-bond donors (Lipinski definition) is 1. The minimum Gasteiger partial charge on any atom is -0.497 e. The summed E-state index contributed by atoms with van der Waals surface area (Å²) >= 11 is 0. The zero-order chi connectivity index (χ0) is 18.4. The second kappa shape index (κ2) is 9.24. The Balaban J connectivity index is 1.41. The van der Waals surface area contributed by atoms with Crippen molar-refractivity contribution in [2.45, 2.75) is 19.3 Å². The molecule has 6 nitrogen and oxygen atoms in total. The van der Waals surface area contributed by atoms with Crippen molar-refractivity contribution < 1.29 is 19.0 Å². The first-order chi connectivity index (χ1) is 12.7. The van der Waals surface area contributed by atoms with Crippen molar-refractivity contribution in [2.75, 3.05) is 53.6 Å². The predicted molar refractivity (Wildman–Crippen MR) is 99.7 cm³/mol. The molecule has 1 N–H and O–H groups in total. The Morgan fingerprint density at radius 3 is 2.85 bits per heavy atom. The Morgan fingerprint density at radius 2 is 2.12 bits per heavy atom. The number of likely N-dealkylation sites (tertiary alicyclic amines) is 1. The monoisotopic (exact) mass is 362 g/mol. The number of benzene rings is 1. The highest BCUT2D eigenvalue weighted by Crippen LogP contribution is 2.30. The number of carbonyl (C=O) groups is 1. The molecule has 1 atom stereocenters. The van der Waals surface area contributed by atoms with Gasteiger partial charge in [-0.3, -0.25) is 4.79 Å². The molecule has 26 heavy (non-hydrogen) atoms. The van der Waals surface area contributed by atoms with Crippen LogP contribution in [0.3, 0.4) is 0 Å². The van der Waals surface area contributed by atoms with E-state index in [9.17, 15) is 4.79 Å². The van der Waals surface area contributed by atoms with Crippen molar-refractivity contribution in [1.29, 1.82) is 0 Å². The molecule has 0 bridgehead atoms. The van der Waals surface area contributed by atoms with E-state index in [4.69, 9.17) is 14.2 Å². The molecule has 2 heterocycles. The lowest BCUT2D eigenvalue weighted by molar-refractivity contribution is -0.126. The van der Waals surface area contributed by atoms with Gasteiger partial charge in [0, 0.05) is 38.1 Å². The highest BCUT2D eigenvalue weighted by Gasteiger charge is 2.26. The lowest BCUT2D eigenvalue weighted by Crippen LogP contribution is -2.43. The molecule has 0 unspecified atom stereocenters. The van der Waals surface area contributed by atoms with Gasteiger partial charge >= 0.3 is 0 Å². The molecule has 3 rings (SSSR count). The fourth-order valence-corrected chi connectivity index (χ4v) is 3.70. The second-order valence-electron chi connectivity index (χ2n) is 7.21. The minimum absolute atomic E-state index is 0.134. The van der Waals surface area contributed by atoms with Gasteiger partial charge in [0.1, 0.15) is 11.5 Å². The smallest absolute Gasteiger partial charge is 0.223 e. The fourth-order valence-electron chi connectivity index (χ4n) is 3.70. The van der Waals surface area contributed by atoms with Crippen LogP contribution in [-0.2, 0) is 16.0 Å². The first-order valence-electron chi connectivity index (χ1n) is 9.48. The van der Waals surface area contributed by atoms with Crippen LogP contribution in [0.2, 0.25) is 0 Å². The number of carbonyl (C=O) groups excluding carboxylic acids is 1. The first-order valence-corrected chi connectivity index (χ1v) is 9.48. The molecule has 0 saturated carbocycles. The third kappa shape index (κ3) is 4.89. The molecule has 1 aromatic carbocycles. The quantitative estimate of drug-likeness (QED) is 0.800. The van der Waals surface area contributed by atoms with Crippen molar-refractivity contribution in [3.05, 3.63) is 23.8 Å². The number of hydrogen-bond acceptors (Lipinski definition) is 5. The maximum Gasteiger partial charge on any atom is 0.223 e. The Hall–Kier alpha value is -1.79. The fraction of sp³-hybridized carbons (Fsp3) is 0.650. The third-order valence-corrected chi connectivity index (χ3v) is 5.39. The van der Waals surface area contributed by atoms with E-state index in [2.05, 4.69) is 16.3 Å². The number of fused-ring (bicyclic) bond motifs is 1. The van der Waals surface area contributed by atoms with Crippen LogP contribution < -0.4 is 14.8 Å². The zero-order valence-corrected chi connectivity index (χ0v) is 15.8. The zero-order valence-electron chi connectivity index (χ0n) is 15.8. The van der Waals surface area contributed by atoms with Crippen molar-refractivity contribution in [3.8, 4) is 11.5 Å². The topological polar surface area (TPSA) is 60.0 Å². The van der Waals surface area contributed by atoms with Crippen LogP contribution in [0.4, 0.5) is 0 Å². The van der Waals surface area contributed by atoms with Gasteiger partial charge in [-0.05, 0) is 44.0 Å². The Labute approximate surface area is 155 Å². The maximum atomic E-state index is 12.5.